The Morgan fingerprint density at radius 3 is 0.206 bits per heavy atom. The minimum Gasteiger partial charge on any atom is -0.394 e. The van der Waals surface area contributed by atoms with Gasteiger partial charge in [0.1, 0.15) is 122 Å². The molecule has 0 amide bonds. The van der Waals surface area contributed by atoms with Crippen LogP contribution in [0.15, 0.2) is 0 Å². The quantitative estimate of drug-likeness (QED) is 0.0404. The Labute approximate surface area is 630 Å². The molecule has 20 atom stereocenters. The largest absolute Gasteiger partial charge is 0.394 e. The Balaban J connectivity index is -0.0000000491. The minimum atomic E-state index is -1.67. The SMILES string of the molecule is OC[C@@H](O)[C@@H](O)[C@H](O)[C@H](O)CO.OC[C@@H](O)[C@@H](O)[C@H](O)[C@H](O)CO.OC[C@@H](O)[C@@H](O)[C@H](O)[C@H](O)CO.OC[C@@H](O)[C@@H](O)[C@H](O)[C@H](O)CO.OC[C@@H](O)[C@@H](O)[C@H](O)[C@H](O)CO.[Ar].[Ar].[Ar].[Ar].[Ar].[Ar].[Ar].[Ar]. The molecule has 68 heavy (non-hydrogen) atoms. The molecule has 0 bridgehead atoms. The van der Waals surface area contributed by atoms with Crippen molar-refractivity contribution in [2.24, 2.45) is 0 Å². The molecule has 0 saturated heterocycles. The standard InChI is InChI=1S/5C6H14O6.8Ar/c5*7-1-3(9)5(11)6(12)4(10)2-8;;;;;;;;/h5*3-12H,1-2H2;;;;;;;;/t5*3-,4-,5-,6-;;;;;;;;/m11111......../s1. The Hall–Kier alpha value is 8.88. The summed E-state index contributed by atoms with van der Waals surface area (Å²) in [5, 5.41) is 261. The second-order valence-electron chi connectivity index (χ2n) is 12.4. The molecule has 0 unspecified atom stereocenters. The molecule has 0 spiro atoms. The summed E-state index contributed by atoms with van der Waals surface area (Å²) in [5.41, 5.74) is 0. The van der Waals surface area contributed by atoms with E-state index in [0.717, 1.165) is 0 Å². The van der Waals surface area contributed by atoms with Gasteiger partial charge in [-0.3, -0.25) is 0 Å². The van der Waals surface area contributed by atoms with Gasteiger partial charge in [0.25, 0.3) is 0 Å². The van der Waals surface area contributed by atoms with E-state index in [1.807, 2.05) is 0 Å². The van der Waals surface area contributed by atoms with Gasteiger partial charge in [-0.05, 0) is 0 Å². The van der Waals surface area contributed by atoms with E-state index < -0.39 is 188 Å². The van der Waals surface area contributed by atoms with Crippen LogP contribution in [0.3, 0.4) is 0 Å². The third kappa shape index (κ3) is 51.7. The zero-order valence-electron chi connectivity index (χ0n) is 34.9. The van der Waals surface area contributed by atoms with Gasteiger partial charge >= 0.3 is 0 Å². The maximum atomic E-state index is 8.96. The van der Waals surface area contributed by atoms with Gasteiger partial charge in [-0.15, -0.1) is 0 Å². The summed E-state index contributed by atoms with van der Waals surface area (Å²) in [4.78, 5) is 0. The summed E-state index contributed by atoms with van der Waals surface area (Å²) in [5.74, 6) is 0. The van der Waals surface area contributed by atoms with Gasteiger partial charge in [0, 0.05) is 302 Å². The molecule has 0 fully saturated rings. The third-order valence-corrected chi connectivity index (χ3v) is 7.56. The fourth-order valence-corrected chi connectivity index (χ4v) is 3.36. The first kappa shape index (κ1) is 108. The summed E-state index contributed by atoms with van der Waals surface area (Å²) in [6, 6.07) is 0. The molecule has 434 valence electrons. The first-order chi connectivity index (χ1) is 27.7. The number of rotatable bonds is 25. The molecule has 0 aromatic carbocycles. The van der Waals surface area contributed by atoms with Gasteiger partial charge in [0.05, 0.1) is 66.1 Å². The van der Waals surface area contributed by atoms with Crippen molar-refractivity contribution < 1.29 is 455 Å². The topological polar surface area (TPSA) is 607 Å². The van der Waals surface area contributed by atoms with E-state index >= 15 is 0 Å². The number of aliphatic hydroxyl groups is 30. The Morgan fingerprint density at radius 2 is 0.176 bits per heavy atom. The monoisotopic (exact) mass is 1230 g/mol. The molecule has 0 radical (unpaired) electrons. The molecule has 0 aliphatic heterocycles. The summed E-state index contributed by atoms with van der Waals surface area (Å²) in [7, 11) is 0. The Bertz CT molecular complexity index is 721. The smallest absolute Gasteiger partial charge is 0.111 e. The van der Waals surface area contributed by atoms with Crippen molar-refractivity contribution in [3.63, 3.8) is 0 Å². The van der Waals surface area contributed by atoms with Crippen molar-refractivity contribution in [2.75, 3.05) is 66.1 Å². The van der Waals surface area contributed by atoms with Crippen LogP contribution in [-0.2, 0) is 0 Å². The molecule has 30 N–H and O–H groups in total. The number of aliphatic hydroxyl groups excluding tert-OH is 30. The van der Waals surface area contributed by atoms with Gasteiger partial charge in [0.15, 0.2) is 0 Å². The van der Waals surface area contributed by atoms with Crippen molar-refractivity contribution in [1.29, 1.82) is 0 Å². The van der Waals surface area contributed by atoms with Gasteiger partial charge in [-0.2, -0.15) is 0 Å². The van der Waals surface area contributed by atoms with E-state index in [2.05, 4.69) is 0 Å². The molecule has 0 aliphatic carbocycles. The van der Waals surface area contributed by atoms with Gasteiger partial charge in [-0.1, -0.05) is 0 Å². The first-order valence-corrected chi connectivity index (χ1v) is 17.4. The summed E-state index contributed by atoms with van der Waals surface area (Å²) < 4.78 is 0. The van der Waals surface area contributed by atoms with Crippen LogP contribution in [-0.4, -0.2) is 341 Å². The molecular formula is C30H70Ar8O30. The van der Waals surface area contributed by atoms with Crippen LogP contribution < -0.4 is 0 Å². The van der Waals surface area contributed by atoms with E-state index in [-0.39, 0.29) is 302 Å². The van der Waals surface area contributed by atoms with Crippen molar-refractivity contribution in [3.05, 3.63) is 0 Å². The van der Waals surface area contributed by atoms with E-state index in [1.165, 1.54) is 0 Å². The third-order valence-electron chi connectivity index (χ3n) is 7.56. The van der Waals surface area contributed by atoms with E-state index in [4.69, 9.17) is 153 Å². The van der Waals surface area contributed by atoms with Crippen LogP contribution in [0.2, 0.25) is 0 Å². The molecule has 0 rings (SSSR count). The number of hydrogen-bond donors (Lipinski definition) is 30. The predicted molar refractivity (Wildman–Crippen MR) is 191 cm³/mol. The van der Waals surface area contributed by atoms with Gasteiger partial charge in [0.2, 0.25) is 0 Å². The summed E-state index contributed by atoms with van der Waals surface area (Å²) >= 11 is 0. The molecule has 30 nitrogen and oxygen atoms in total. The van der Waals surface area contributed by atoms with Crippen LogP contribution >= 0.6 is 0 Å². The van der Waals surface area contributed by atoms with Gasteiger partial charge < -0.3 is 153 Å². The molecule has 0 saturated carbocycles. The fourth-order valence-electron chi connectivity index (χ4n) is 3.36. The van der Waals surface area contributed by atoms with Crippen molar-refractivity contribution >= 4 is 0 Å². The van der Waals surface area contributed by atoms with Crippen molar-refractivity contribution in [1.82, 2.24) is 0 Å². The maximum Gasteiger partial charge on any atom is 0.111 e. The molecule has 0 aliphatic rings. The Kier molecular flexibility index (Phi) is 109. The molecule has 38 heteroatoms. The van der Waals surface area contributed by atoms with Crippen LogP contribution in [0.5, 0.6) is 0 Å². The van der Waals surface area contributed by atoms with Crippen LogP contribution in [0.1, 0.15) is 0 Å². The second-order valence-corrected chi connectivity index (χ2v) is 12.4. The zero-order valence-corrected chi connectivity index (χ0v) is 40.5. The van der Waals surface area contributed by atoms with Crippen LogP contribution in [0, 0.1) is 302 Å². The fraction of sp³-hybridized carbons (Fsp3) is 1.00. The van der Waals surface area contributed by atoms with Crippen molar-refractivity contribution in [3.8, 4) is 0 Å². The van der Waals surface area contributed by atoms with Crippen LogP contribution in [0.25, 0.3) is 0 Å². The minimum absolute atomic E-state index is 0. The molecule has 0 aromatic heterocycles. The average molecular weight is 1230 g/mol. The molecular weight excluding hydrogens is 1160 g/mol. The van der Waals surface area contributed by atoms with E-state index in [1.54, 1.807) is 0 Å². The maximum absolute atomic E-state index is 8.96. The van der Waals surface area contributed by atoms with E-state index in [9.17, 15) is 0 Å². The van der Waals surface area contributed by atoms with Crippen molar-refractivity contribution in [2.45, 2.75) is 122 Å². The average Bonchev–Trinajstić information content (AvgIpc) is 3.28. The predicted octanol–water partition coefficient (Wildman–Crippen LogP) is -17.9. The number of hydrogen-bond acceptors (Lipinski definition) is 30. The molecule has 0 aromatic rings. The summed E-state index contributed by atoms with van der Waals surface area (Å²) in [6.07, 6.45) is -32.0. The first-order valence-electron chi connectivity index (χ1n) is 17.4. The van der Waals surface area contributed by atoms with E-state index in [0.29, 0.717) is 0 Å². The Morgan fingerprint density at radius 1 is 0.132 bits per heavy atom. The molecule has 0 heterocycles. The summed E-state index contributed by atoms with van der Waals surface area (Å²) in [6.45, 7) is -7.26. The van der Waals surface area contributed by atoms with Crippen LogP contribution in [0.4, 0.5) is 0 Å². The zero-order chi connectivity index (χ0) is 48.6. The normalized spacial score (nSPS) is 19.0. The second kappa shape index (κ2) is 68.4. The van der Waals surface area contributed by atoms with Gasteiger partial charge in [-0.25, -0.2) is 0 Å².